The highest BCUT2D eigenvalue weighted by atomic mass is 32.1. The van der Waals surface area contributed by atoms with E-state index >= 15 is 0 Å². The second kappa shape index (κ2) is 5.29. The maximum atomic E-state index is 13.7. The number of hydrogen-bond acceptors (Lipinski definition) is 3. The molecule has 102 valence electrons. The lowest BCUT2D eigenvalue weighted by Gasteiger charge is -2.13. The standard InChI is InChI=1S/C15H19FN2S/c1-10-6-5-7-12(16)13(10)17-8-11-9-19-14(18-11)15(2,3)4/h5-7,9,17H,8H2,1-4H3. The second-order valence-corrected chi connectivity index (χ2v) is 6.54. The smallest absolute Gasteiger partial charge is 0.146 e. The van der Waals surface area contributed by atoms with E-state index in [9.17, 15) is 4.39 Å². The number of hydrogen-bond donors (Lipinski definition) is 1. The SMILES string of the molecule is Cc1cccc(F)c1NCc1csc(C(C)(C)C)n1. The Balaban J connectivity index is 2.09. The largest absolute Gasteiger partial charge is 0.377 e. The Kier molecular flexibility index (Phi) is 3.90. The molecule has 0 spiro atoms. The zero-order valence-electron chi connectivity index (χ0n) is 11.7. The maximum absolute atomic E-state index is 13.7. The van der Waals surface area contributed by atoms with Gasteiger partial charge in [-0.1, -0.05) is 32.9 Å². The number of nitrogens with zero attached hydrogens (tertiary/aromatic N) is 1. The number of aromatic nitrogens is 1. The Labute approximate surface area is 117 Å². The zero-order chi connectivity index (χ0) is 14.0. The number of halogens is 1. The van der Waals surface area contributed by atoms with Crippen molar-refractivity contribution in [2.75, 3.05) is 5.32 Å². The molecule has 0 saturated carbocycles. The molecule has 0 amide bonds. The van der Waals surface area contributed by atoms with Crippen molar-refractivity contribution in [1.82, 2.24) is 4.98 Å². The quantitative estimate of drug-likeness (QED) is 0.894. The molecule has 1 N–H and O–H groups in total. The molecule has 0 aliphatic heterocycles. The number of anilines is 1. The van der Waals surface area contributed by atoms with Crippen LogP contribution in [0.5, 0.6) is 0 Å². The van der Waals surface area contributed by atoms with Crippen LogP contribution in [-0.2, 0) is 12.0 Å². The highest BCUT2D eigenvalue weighted by Crippen LogP contribution is 2.26. The predicted octanol–water partition coefficient (Wildman–Crippen LogP) is 4.50. The van der Waals surface area contributed by atoms with E-state index in [0.717, 1.165) is 16.3 Å². The Morgan fingerprint density at radius 3 is 2.63 bits per heavy atom. The Hall–Kier alpha value is -1.42. The van der Waals surface area contributed by atoms with Crippen LogP contribution < -0.4 is 5.32 Å². The van der Waals surface area contributed by atoms with Gasteiger partial charge in [0.2, 0.25) is 0 Å². The number of rotatable bonds is 3. The van der Waals surface area contributed by atoms with E-state index in [4.69, 9.17) is 0 Å². The van der Waals surface area contributed by atoms with E-state index in [1.165, 1.54) is 6.07 Å². The lowest BCUT2D eigenvalue weighted by Crippen LogP contribution is -2.11. The monoisotopic (exact) mass is 278 g/mol. The number of nitrogens with one attached hydrogen (secondary N) is 1. The first-order valence-corrected chi connectivity index (χ1v) is 7.20. The fraction of sp³-hybridized carbons (Fsp3) is 0.400. The third-order valence-electron chi connectivity index (χ3n) is 2.86. The summed E-state index contributed by atoms with van der Waals surface area (Å²) in [5.41, 5.74) is 2.49. The summed E-state index contributed by atoms with van der Waals surface area (Å²) in [4.78, 5) is 4.59. The molecule has 19 heavy (non-hydrogen) atoms. The molecule has 0 aliphatic rings. The van der Waals surface area contributed by atoms with Crippen LogP contribution in [0.15, 0.2) is 23.6 Å². The van der Waals surface area contributed by atoms with E-state index in [-0.39, 0.29) is 11.2 Å². The molecule has 2 nitrogen and oxygen atoms in total. The molecule has 0 fully saturated rings. The molecule has 0 bridgehead atoms. The molecule has 0 saturated heterocycles. The number of benzene rings is 1. The summed E-state index contributed by atoms with van der Waals surface area (Å²) in [6.07, 6.45) is 0. The minimum absolute atomic E-state index is 0.0663. The zero-order valence-corrected chi connectivity index (χ0v) is 12.6. The Morgan fingerprint density at radius 2 is 2.05 bits per heavy atom. The maximum Gasteiger partial charge on any atom is 0.146 e. The van der Waals surface area contributed by atoms with Crippen molar-refractivity contribution in [2.24, 2.45) is 0 Å². The summed E-state index contributed by atoms with van der Waals surface area (Å²) in [5, 5.41) is 6.27. The predicted molar refractivity (Wildman–Crippen MR) is 79.3 cm³/mol. The van der Waals surface area contributed by atoms with Gasteiger partial charge in [0.25, 0.3) is 0 Å². The fourth-order valence-corrected chi connectivity index (χ4v) is 2.67. The first kappa shape index (κ1) is 14.0. The first-order chi connectivity index (χ1) is 8.88. The lowest BCUT2D eigenvalue weighted by molar-refractivity contribution is 0.583. The normalized spacial score (nSPS) is 11.6. The topological polar surface area (TPSA) is 24.9 Å². The summed E-state index contributed by atoms with van der Waals surface area (Å²) in [6.45, 7) is 8.87. The third-order valence-corrected chi connectivity index (χ3v) is 4.18. The van der Waals surface area contributed by atoms with Crippen LogP contribution >= 0.6 is 11.3 Å². The van der Waals surface area contributed by atoms with Gasteiger partial charge in [-0.05, 0) is 18.6 Å². The molecular weight excluding hydrogens is 259 g/mol. The van der Waals surface area contributed by atoms with E-state index in [2.05, 4.69) is 31.1 Å². The van der Waals surface area contributed by atoms with Crippen LogP contribution in [0.2, 0.25) is 0 Å². The average molecular weight is 278 g/mol. The molecule has 4 heteroatoms. The molecule has 2 rings (SSSR count). The Morgan fingerprint density at radius 1 is 1.32 bits per heavy atom. The van der Waals surface area contributed by atoms with E-state index in [1.54, 1.807) is 17.4 Å². The van der Waals surface area contributed by atoms with Gasteiger partial charge in [-0.3, -0.25) is 0 Å². The minimum Gasteiger partial charge on any atom is -0.377 e. The summed E-state index contributed by atoms with van der Waals surface area (Å²) in [6, 6.07) is 5.08. The molecule has 1 heterocycles. The van der Waals surface area contributed by atoms with Crippen molar-refractivity contribution in [3.63, 3.8) is 0 Å². The number of para-hydroxylation sites is 1. The molecule has 0 unspecified atom stereocenters. The van der Waals surface area contributed by atoms with E-state index in [1.807, 2.05) is 18.4 Å². The highest BCUT2D eigenvalue weighted by Gasteiger charge is 2.18. The second-order valence-electron chi connectivity index (χ2n) is 5.68. The van der Waals surface area contributed by atoms with Gasteiger partial charge in [-0.25, -0.2) is 9.37 Å². The first-order valence-electron chi connectivity index (χ1n) is 6.32. The van der Waals surface area contributed by atoms with Crippen LogP contribution in [0.3, 0.4) is 0 Å². The molecule has 2 aromatic rings. The minimum atomic E-state index is -0.216. The van der Waals surface area contributed by atoms with Crippen molar-refractivity contribution >= 4 is 17.0 Å². The number of aryl methyl sites for hydroxylation is 1. The van der Waals surface area contributed by atoms with Gasteiger partial charge in [0.05, 0.1) is 22.9 Å². The van der Waals surface area contributed by atoms with E-state index < -0.39 is 0 Å². The molecule has 1 aromatic heterocycles. The summed E-state index contributed by atoms with van der Waals surface area (Å²) >= 11 is 1.66. The van der Waals surface area contributed by atoms with Gasteiger partial charge >= 0.3 is 0 Å². The van der Waals surface area contributed by atoms with Crippen LogP contribution in [0, 0.1) is 12.7 Å². The summed E-state index contributed by atoms with van der Waals surface area (Å²) in [5.74, 6) is -0.216. The van der Waals surface area contributed by atoms with Crippen molar-refractivity contribution in [1.29, 1.82) is 0 Å². The van der Waals surface area contributed by atoms with Gasteiger partial charge in [-0.15, -0.1) is 11.3 Å². The van der Waals surface area contributed by atoms with Crippen molar-refractivity contribution in [3.8, 4) is 0 Å². The third kappa shape index (κ3) is 3.32. The molecule has 0 atom stereocenters. The van der Waals surface area contributed by atoms with Gasteiger partial charge in [-0.2, -0.15) is 0 Å². The molecule has 0 aliphatic carbocycles. The van der Waals surface area contributed by atoms with Gasteiger partial charge in [0.15, 0.2) is 0 Å². The molecular formula is C15H19FN2S. The highest BCUT2D eigenvalue weighted by molar-refractivity contribution is 7.09. The van der Waals surface area contributed by atoms with Gasteiger partial charge in [0.1, 0.15) is 5.82 Å². The summed E-state index contributed by atoms with van der Waals surface area (Å²) < 4.78 is 13.7. The van der Waals surface area contributed by atoms with Gasteiger partial charge < -0.3 is 5.32 Å². The lowest BCUT2D eigenvalue weighted by atomic mass is 9.98. The van der Waals surface area contributed by atoms with Crippen LogP contribution in [0.1, 0.15) is 37.0 Å². The van der Waals surface area contributed by atoms with Crippen molar-refractivity contribution in [3.05, 3.63) is 45.7 Å². The van der Waals surface area contributed by atoms with Gasteiger partial charge in [0, 0.05) is 10.8 Å². The van der Waals surface area contributed by atoms with Crippen LogP contribution in [0.25, 0.3) is 0 Å². The Bertz CT molecular complexity index is 550. The fourth-order valence-electron chi connectivity index (χ4n) is 1.77. The molecule has 1 aromatic carbocycles. The van der Waals surface area contributed by atoms with Crippen LogP contribution in [0.4, 0.5) is 10.1 Å². The number of thiazole rings is 1. The van der Waals surface area contributed by atoms with Crippen molar-refractivity contribution in [2.45, 2.75) is 39.7 Å². The van der Waals surface area contributed by atoms with Crippen molar-refractivity contribution < 1.29 is 4.39 Å². The summed E-state index contributed by atoms with van der Waals surface area (Å²) in [7, 11) is 0. The van der Waals surface area contributed by atoms with E-state index in [0.29, 0.717) is 12.2 Å². The van der Waals surface area contributed by atoms with Crippen LogP contribution in [-0.4, -0.2) is 4.98 Å². The molecule has 0 radical (unpaired) electrons. The average Bonchev–Trinajstić information content (AvgIpc) is 2.77.